The van der Waals surface area contributed by atoms with Crippen molar-refractivity contribution in [3.8, 4) is 0 Å². The third kappa shape index (κ3) is 2.94. The van der Waals surface area contributed by atoms with Crippen LogP contribution < -0.4 is 5.32 Å². The van der Waals surface area contributed by atoms with Crippen LogP contribution in [0, 0.1) is 11.8 Å². The predicted molar refractivity (Wildman–Crippen MR) is 90.9 cm³/mol. The first-order valence-electron chi connectivity index (χ1n) is 7.37. The summed E-state index contributed by atoms with van der Waals surface area (Å²) in [6.45, 7) is 7.24. The first-order chi connectivity index (χ1) is 9.59. The Balaban J connectivity index is 0.00000161. The molecule has 1 saturated heterocycles. The number of rotatable bonds is 5. The zero-order chi connectivity index (χ0) is 14.3. The van der Waals surface area contributed by atoms with Gasteiger partial charge < -0.3 is 10.1 Å². The zero-order valence-corrected chi connectivity index (χ0v) is 14.7. The van der Waals surface area contributed by atoms with Crippen molar-refractivity contribution in [1.29, 1.82) is 0 Å². The Hall–Kier alpha value is 0.01000. The molecule has 2 aliphatic rings. The number of hydrogen-bond acceptors (Lipinski definition) is 2. The monoisotopic (exact) mass is 349 g/mol. The lowest BCUT2D eigenvalue weighted by Crippen LogP contribution is -2.31. The highest BCUT2D eigenvalue weighted by atomic mass is 35.5. The van der Waals surface area contributed by atoms with Gasteiger partial charge in [0.05, 0.1) is 22.8 Å². The molecule has 2 fully saturated rings. The van der Waals surface area contributed by atoms with Crippen LogP contribution in [0.4, 0.5) is 0 Å². The minimum atomic E-state index is 0. The molecular weight excluding hydrogens is 329 g/mol. The van der Waals surface area contributed by atoms with Gasteiger partial charge in [0.2, 0.25) is 0 Å². The van der Waals surface area contributed by atoms with Crippen molar-refractivity contribution in [1.82, 2.24) is 5.32 Å². The van der Waals surface area contributed by atoms with Crippen molar-refractivity contribution in [3.05, 3.63) is 33.8 Å². The van der Waals surface area contributed by atoms with Crippen LogP contribution in [0.2, 0.25) is 10.0 Å². The summed E-state index contributed by atoms with van der Waals surface area (Å²) in [6, 6.07) is 6.06. The summed E-state index contributed by atoms with van der Waals surface area (Å²) in [6.07, 6.45) is 1.36. The number of piperidine rings is 1. The molecule has 5 heteroatoms. The van der Waals surface area contributed by atoms with Crippen molar-refractivity contribution >= 4 is 35.6 Å². The number of nitrogens with one attached hydrogen (secondary N) is 1. The van der Waals surface area contributed by atoms with E-state index in [0.717, 1.165) is 26.1 Å². The molecule has 0 radical (unpaired) electrons. The van der Waals surface area contributed by atoms with Crippen LogP contribution in [0.25, 0.3) is 0 Å². The second-order valence-electron chi connectivity index (χ2n) is 6.07. The summed E-state index contributed by atoms with van der Waals surface area (Å²) >= 11 is 12.3. The summed E-state index contributed by atoms with van der Waals surface area (Å²) in [5.41, 5.74) is 1.43. The second kappa shape index (κ2) is 6.64. The molecule has 1 heterocycles. The predicted octanol–water partition coefficient (Wildman–Crippen LogP) is 4.32. The molecule has 2 nitrogen and oxygen atoms in total. The molecule has 21 heavy (non-hydrogen) atoms. The van der Waals surface area contributed by atoms with Crippen molar-refractivity contribution in [2.45, 2.75) is 31.8 Å². The molecule has 0 bridgehead atoms. The van der Waals surface area contributed by atoms with Crippen molar-refractivity contribution in [2.75, 3.05) is 19.7 Å². The van der Waals surface area contributed by atoms with Gasteiger partial charge in [-0.3, -0.25) is 0 Å². The van der Waals surface area contributed by atoms with Gasteiger partial charge in [-0.05, 0) is 56.0 Å². The van der Waals surface area contributed by atoms with Crippen molar-refractivity contribution < 1.29 is 4.74 Å². The van der Waals surface area contributed by atoms with Crippen LogP contribution in [-0.4, -0.2) is 25.8 Å². The van der Waals surface area contributed by atoms with Crippen molar-refractivity contribution in [2.24, 2.45) is 11.8 Å². The van der Waals surface area contributed by atoms with Gasteiger partial charge in [0, 0.05) is 5.41 Å². The maximum absolute atomic E-state index is 6.21. The van der Waals surface area contributed by atoms with Crippen LogP contribution in [0.5, 0.6) is 0 Å². The third-order valence-corrected chi connectivity index (χ3v) is 5.81. The fourth-order valence-corrected chi connectivity index (χ4v) is 3.85. The molecule has 1 aliphatic heterocycles. The minimum Gasteiger partial charge on any atom is -0.378 e. The molecule has 118 valence electrons. The molecule has 1 N–H and O–H groups in total. The summed E-state index contributed by atoms with van der Waals surface area (Å²) < 4.78 is 6.08. The Morgan fingerprint density at radius 2 is 1.95 bits per heavy atom. The fourth-order valence-electron chi connectivity index (χ4n) is 3.56. The highest BCUT2D eigenvalue weighted by Crippen LogP contribution is 2.62. The van der Waals surface area contributed by atoms with Gasteiger partial charge >= 0.3 is 0 Å². The lowest BCUT2D eigenvalue weighted by Gasteiger charge is -2.24. The molecule has 1 saturated carbocycles. The standard InChI is InChI=1S/C16H21Cl2NO.ClH/c1-3-10(2)20-9-16(12-7-19-8-13(12)16)11-4-5-14(17)15(18)6-11;/h4-6,10,12-13,19H,3,7-9H2,1-2H3;1H. The number of benzene rings is 1. The number of hydrogen-bond donors (Lipinski definition) is 1. The fraction of sp³-hybridized carbons (Fsp3) is 0.625. The molecule has 3 atom stereocenters. The van der Waals surface area contributed by atoms with E-state index in [1.807, 2.05) is 12.1 Å². The molecule has 0 amide bonds. The molecular formula is C16H22Cl3NO. The minimum absolute atomic E-state index is 0. The number of halogens is 3. The normalized spacial score (nSPS) is 31.4. The zero-order valence-electron chi connectivity index (χ0n) is 12.4. The van der Waals surface area contributed by atoms with E-state index in [-0.39, 0.29) is 17.8 Å². The van der Waals surface area contributed by atoms with E-state index in [4.69, 9.17) is 27.9 Å². The average molecular weight is 351 g/mol. The van der Waals surface area contributed by atoms with Crippen LogP contribution in [0.15, 0.2) is 18.2 Å². The molecule has 1 aromatic carbocycles. The molecule has 3 unspecified atom stereocenters. The smallest absolute Gasteiger partial charge is 0.0595 e. The van der Waals surface area contributed by atoms with Gasteiger partial charge in [-0.15, -0.1) is 12.4 Å². The average Bonchev–Trinajstić information content (AvgIpc) is 2.82. The Kier molecular flexibility index (Phi) is 5.49. The molecule has 1 aliphatic carbocycles. The quantitative estimate of drug-likeness (QED) is 0.854. The third-order valence-electron chi connectivity index (χ3n) is 5.07. The maximum atomic E-state index is 6.21. The van der Waals surface area contributed by atoms with E-state index in [9.17, 15) is 0 Å². The Morgan fingerprint density at radius 3 is 2.52 bits per heavy atom. The van der Waals surface area contributed by atoms with E-state index in [1.165, 1.54) is 5.56 Å². The van der Waals surface area contributed by atoms with Crippen LogP contribution in [0.3, 0.4) is 0 Å². The Morgan fingerprint density at radius 1 is 1.29 bits per heavy atom. The van der Waals surface area contributed by atoms with E-state index in [0.29, 0.717) is 28.0 Å². The van der Waals surface area contributed by atoms with E-state index in [2.05, 4.69) is 25.2 Å². The highest BCUT2D eigenvalue weighted by molar-refractivity contribution is 6.42. The highest BCUT2D eigenvalue weighted by Gasteiger charge is 2.67. The topological polar surface area (TPSA) is 21.3 Å². The lowest BCUT2D eigenvalue weighted by molar-refractivity contribution is 0.0411. The Bertz CT molecular complexity index is 498. The summed E-state index contributed by atoms with van der Waals surface area (Å²) in [7, 11) is 0. The van der Waals surface area contributed by atoms with Gasteiger partial charge in [-0.2, -0.15) is 0 Å². The van der Waals surface area contributed by atoms with E-state index in [1.54, 1.807) is 0 Å². The van der Waals surface area contributed by atoms with Gasteiger partial charge in [0.1, 0.15) is 0 Å². The van der Waals surface area contributed by atoms with Crippen LogP contribution >= 0.6 is 35.6 Å². The Labute approximate surface area is 142 Å². The summed E-state index contributed by atoms with van der Waals surface area (Å²) in [5, 5.41) is 4.73. The lowest BCUT2D eigenvalue weighted by atomic mass is 9.91. The second-order valence-corrected chi connectivity index (χ2v) is 6.88. The van der Waals surface area contributed by atoms with Gasteiger partial charge in [0.15, 0.2) is 0 Å². The number of fused-ring (bicyclic) bond motifs is 1. The van der Waals surface area contributed by atoms with Crippen LogP contribution in [0.1, 0.15) is 25.8 Å². The largest absolute Gasteiger partial charge is 0.378 e. The summed E-state index contributed by atoms with van der Waals surface area (Å²) in [5.74, 6) is 1.34. The molecule has 1 aromatic rings. The molecule has 3 rings (SSSR count). The van der Waals surface area contributed by atoms with E-state index < -0.39 is 0 Å². The SMILES string of the molecule is CCC(C)OCC1(c2ccc(Cl)c(Cl)c2)C2CNCC21.Cl. The first-order valence-corrected chi connectivity index (χ1v) is 8.13. The van der Waals surface area contributed by atoms with Gasteiger partial charge in [0.25, 0.3) is 0 Å². The maximum Gasteiger partial charge on any atom is 0.0595 e. The summed E-state index contributed by atoms with van der Waals surface area (Å²) in [4.78, 5) is 0. The van der Waals surface area contributed by atoms with Gasteiger partial charge in [-0.1, -0.05) is 36.2 Å². The molecule has 0 aromatic heterocycles. The first kappa shape index (κ1) is 17.4. The van der Waals surface area contributed by atoms with Crippen molar-refractivity contribution in [3.63, 3.8) is 0 Å². The van der Waals surface area contributed by atoms with Crippen LogP contribution in [-0.2, 0) is 10.2 Å². The van der Waals surface area contributed by atoms with E-state index >= 15 is 0 Å². The molecule has 0 spiro atoms. The van der Waals surface area contributed by atoms with Gasteiger partial charge in [-0.25, -0.2) is 0 Å². The number of ether oxygens (including phenoxy) is 1.